The van der Waals surface area contributed by atoms with E-state index in [-0.39, 0.29) is 33.8 Å². The van der Waals surface area contributed by atoms with Gasteiger partial charge < -0.3 is 10.6 Å². The Bertz CT molecular complexity index is 1180. The van der Waals surface area contributed by atoms with E-state index in [0.717, 1.165) is 19.1 Å². The second-order valence-electron chi connectivity index (χ2n) is 6.24. The van der Waals surface area contributed by atoms with Crippen molar-refractivity contribution >= 4 is 39.3 Å². The van der Waals surface area contributed by atoms with E-state index in [2.05, 4.69) is 26.0 Å². The molecule has 2 aromatic heterocycles. The predicted octanol–water partition coefficient (Wildman–Crippen LogP) is -0.241. The Labute approximate surface area is 153 Å². The van der Waals surface area contributed by atoms with Crippen LogP contribution in [0.5, 0.6) is 0 Å². The number of nitriles is 1. The standard InChI is InChI=1S/C15H13N7O4S/c1-27(25,26)14-9(5-16)12(18-8-2-3-8)22-11(20-14)7(6-17-22)4-10-13(23)21-15(24)19-10/h4,6,8,18H,2-3H2,1H3,(H2,19,21,23,24). The molecule has 1 saturated carbocycles. The molecule has 0 radical (unpaired) electrons. The number of amides is 3. The van der Waals surface area contributed by atoms with E-state index in [4.69, 9.17) is 0 Å². The maximum absolute atomic E-state index is 12.2. The maximum Gasteiger partial charge on any atom is 0.326 e. The molecule has 0 atom stereocenters. The molecule has 0 aromatic carbocycles. The highest BCUT2D eigenvalue weighted by atomic mass is 32.2. The van der Waals surface area contributed by atoms with E-state index in [1.807, 2.05) is 6.07 Å². The summed E-state index contributed by atoms with van der Waals surface area (Å²) in [6.07, 6.45) is 5.47. The third-order valence-electron chi connectivity index (χ3n) is 4.04. The van der Waals surface area contributed by atoms with Crippen molar-refractivity contribution in [3.63, 3.8) is 0 Å². The number of carbonyl (C=O) groups excluding carboxylic acids is 2. The molecule has 2 fully saturated rings. The lowest BCUT2D eigenvalue weighted by Crippen LogP contribution is -2.22. The van der Waals surface area contributed by atoms with Crippen molar-refractivity contribution in [2.75, 3.05) is 11.6 Å². The molecular weight excluding hydrogens is 374 g/mol. The van der Waals surface area contributed by atoms with E-state index in [9.17, 15) is 23.3 Å². The average Bonchev–Trinajstić information content (AvgIpc) is 3.23. The van der Waals surface area contributed by atoms with Crippen molar-refractivity contribution in [2.24, 2.45) is 0 Å². The molecule has 138 valence electrons. The van der Waals surface area contributed by atoms with Gasteiger partial charge in [0.25, 0.3) is 5.91 Å². The summed E-state index contributed by atoms with van der Waals surface area (Å²) in [6.45, 7) is 0. The van der Waals surface area contributed by atoms with Crippen molar-refractivity contribution in [3.8, 4) is 6.07 Å². The summed E-state index contributed by atoms with van der Waals surface area (Å²) in [4.78, 5) is 27.1. The van der Waals surface area contributed by atoms with Crippen molar-refractivity contribution in [3.05, 3.63) is 23.0 Å². The quantitative estimate of drug-likeness (QED) is 0.368. The Morgan fingerprint density at radius 3 is 2.67 bits per heavy atom. The van der Waals surface area contributed by atoms with Gasteiger partial charge in [-0.05, 0) is 18.9 Å². The third-order valence-corrected chi connectivity index (χ3v) is 5.04. The number of hydrogen-bond acceptors (Lipinski definition) is 8. The summed E-state index contributed by atoms with van der Waals surface area (Å²) in [5.41, 5.74) is 0.319. The van der Waals surface area contributed by atoms with Gasteiger partial charge in [-0.1, -0.05) is 0 Å². The zero-order chi connectivity index (χ0) is 19.3. The Balaban J connectivity index is 1.96. The monoisotopic (exact) mass is 387 g/mol. The van der Waals surface area contributed by atoms with Crippen LogP contribution in [-0.2, 0) is 14.6 Å². The number of urea groups is 1. The number of hydrogen-bond donors (Lipinski definition) is 3. The van der Waals surface area contributed by atoms with E-state index >= 15 is 0 Å². The number of aromatic nitrogens is 3. The summed E-state index contributed by atoms with van der Waals surface area (Å²) < 4.78 is 25.7. The van der Waals surface area contributed by atoms with Crippen LogP contribution in [0.25, 0.3) is 11.7 Å². The minimum Gasteiger partial charge on any atom is -0.366 e. The minimum absolute atomic E-state index is 0.0151. The first kappa shape index (κ1) is 17.0. The van der Waals surface area contributed by atoms with Crippen molar-refractivity contribution < 1.29 is 18.0 Å². The molecule has 0 bridgehead atoms. The van der Waals surface area contributed by atoms with Gasteiger partial charge >= 0.3 is 6.03 Å². The first-order valence-electron chi connectivity index (χ1n) is 7.90. The Hall–Kier alpha value is -3.46. The van der Waals surface area contributed by atoms with E-state index in [1.54, 1.807) is 0 Å². The Kier molecular flexibility index (Phi) is 3.63. The van der Waals surface area contributed by atoms with Gasteiger partial charge in [-0.3, -0.25) is 10.1 Å². The van der Waals surface area contributed by atoms with Crippen molar-refractivity contribution in [1.82, 2.24) is 25.2 Å². The number of carbonyl (C=O) groups is 2. The van der Waals surface area contributed by atoms with Crippen LogP contribution >= 0.6 is 0 Å². The molecule has 1 aliphatic carbocycles. The molecule has 27 heavy (non-hydrogen) atoms. The highest BCUT2D eigenvalue weighted by Gasteiger charge is 2.29. The molecule has 2 aliphatic rings. The highest BCUT2D eigenvalue weighted by Crippen LogP contribution is 2.30. The van der Waals surface area contributed by atoms with Crippen LogP contribution in [0.4, 0.5) is 10.6 Å². The lowest BCUT2D eigenvalue weighted by atomic mass is 10.2. The number of nitrogens with zero attached hydrogens (tertiary/aromatic N) is 4. The normalized spacial score (nSPS) is 18.4. The molecule has 1 saturated heterocycles. The number of sulfone groups is 1. The van der Waals surface area contributed by atoms with Gasteiger partial charge in [0, 0.05) is 17.9 Å². The molecule has 1 aliphatic heterocycles. The summed E-state index contributed by atoms with van der Waals surface area (Å²) in [6, 6.07) is 1.36. The summed E-state index contributed by atoms with van der Waals surface area (Å²) >= 11 is 0. The van der Waals surface area contributed by atoms with E-state index < -0.39 is 21.8 Å². The molecule has 2 aromatic rings. The Morgan fingerprint density at radius 2 is 2.11 bits per heavy atom. The minimum atomic E-state index is -3.80. The fourth-order valence-electron chi connectivity index (χ4n) is 2.65. The fraction of sp³-hybridized carbons (Fsp3) is 0.267. The number of fused-ring (bicyclic) bond motifs is 1. The van der Waals surface area contributed by atoms with E-state index in [1.165, 1.54) is 16.8 Å². The van der Waals surface area contributed by atoms with E-state index in [0.29, 0.717) is 5.56 Å². The van der Waals surface area contributed by atoms with Crippen LogP contribution in [0.15, 0.2) is 16.9 Å². The second kappa shape index (κ2) is 5.78. The fourth-order valence-corrected chi connectivity index (χ4v) is 3.42. The average molecular weight is 387 g/mol. The summed E-state index contributed by atoms with van der Waals surface area (Å²) in [7, 11) is -3.80. The van der Waals surface area contributed by atoms with Gasteiger partial charge in [0.1, 0.15) is 17.3 Å². The SMILES string of the molecule is CS(=O)(=O)c1nc2c(C=C3NC(=O)NC3=O)cnn2c(NC2CC2)c1C#N. The van der Waals surface area contributed by atoms with Gasteiger partial charge in [0.15, 0.2) is 26.3 Å². The Morgan fingerprint density at radius 1 is 1.37 bits per heavy atom. The van der Waals surface area contributed by atoms with Gasteiger partial charge in [0.05, 0.1) is 6.20 Å². The zero-order valence-electron chi connectivity index (χ0n) is 14.0. The topological polar surface area (TPSA) is 158 Å². The number of imide groups is 1. The van der Waals surface area contributed by atoms with Gasteiger partial charge in [-0.25, -0.2) is 18.2 Å². The lowest BCUT2D eigenvalue weighted by molar-refractivity contribution is -0.115. The van der Waals surface area contributed by atoms with Crippen LogP contribution in [-0.4, -0.2) is 47.3 Å². The maximum atomic E-state index is 12.2. The zero-order valence-corrected chi connectivity index (χ0v) is 14.8. The van der Waals surface area contributed by atoms with Crippen LogP contribution in [0.1, 0.15) is 24.0 Å². The summed E-state index contributed by atoms with van der Waals surface area (Å²) in [5.74, 6) is -0.386. The summed E-state index contributed by atoms with van der Waals surface area (Å²) in [5, 5.41) is 20.8. The molecule has 3 N–H and O–H groups in total. The molecule has 4 rings (SSSR count). The number of nitrogens with one attached hydrogen (secondary N) is 3. The molecule has 0 spiro atoms. The van der Waals surface area contributed by atoms with Gasteiger partial charge in [-0.2, -0.15) is 14.9 Å². The van der Waals surface area contributed by atoms with Crippen LogP contribution in [0.2, 0.25) is 0 Å². The second-order valence-corrected chi connectivity index (χ2v) is 8.18. The van der Waals surface area contributed by atoms with Crippen LogP contribution in [0, 0.1) is 11.3 Å². The first-order chi connectivity index (χ1) is 12.8. The molecule has 0 unspecified atom stereocenters. The van der Waals surface area contributed by atoms with Crippen molar-refractivity contribution in [2.45, 2.75) is 23.9 Å². The molecule has 3 heterocycles. The smallest absolute Gasteiger partial charge is 0.326 e. The number of anilines is 1. The molecule has 11 nitrogen and oxygen atoms in total. The molecular formula is C15H13N7O4S. The van der Waals surface area contributed by atoms with Gasteiger partial charge in [0.2, 0.25) is 0 Å². The lowest BCUT2D eigenvalue weighted by Gasteiger charge is -2.12. The number of rotatable bonds is 4. The largest absolute Gasteiger partial charge is 0.366 e. The molecule has 3 amide bonds. The van der Waals surface area contributed by atoms with Crippen LogP contribution < -0.4 is 16.0 Å². The van der Waals surface area contributed by atoms with Gasteiger partial charge in [-0.15, -0.1) is 0 Å². The highest BCUT2D eigenvalue weighted by molar-refractivity contribution is 7.90. The van der Waals surface area contributed by atoms with Crippen molar-refractivity contribution in [1.29, 1.82) is 5.26 Å². The predicted molar refractivity (Wildman–Crippen MR) is 92.1 cm³/mol. The third kappa shape index (κ3) is 2.97. The first-order valence-corrected chi connectivity index (χ1v) is 9.79. The van der Waals surface area contributed by atoms with Crippen LogP contribution in [0.3, 0.4) is 0 Å². The molecule has 12 heteroatoms.